The molecule has 5 nitrogen and oxygen atoms in total. The first-order chi connectivity index (χ1) is 10.2. The number of rotatable bonds is 4. The topological polar surface area (TPSA) is 68.1 Å². The molecule has 1 aromatic carbocycles. The molecule has 1 N–H and O–H groups in total. The van der Waals surface area contributed by atoms with Crippen molar-refractivity contribution in [3.63, 3.8) is 0 Å². The Morgan fingerprint density at radius 1 is 1.33 bits per heavy atom. The van der Waals surface area contributed by atoms with Crippen LogP contribution in [0.2, 0.25) is 0 Å². The van der Waals surface area contributed by atoms with Crippen molar-refractivity contribution < 1.29 is 4.92 Å². The van der Waals surface area contributed by atoms with E-state index in [0.717, 1.165) is 0 Å². The monoisotopic (exact) mass is 299 g/mol. The Balaban J connectivity index is 2.00. The second kappa shape index (κ2) is 5.49. The maximum Gasteiger partial charge on any atom is 0.301 e. The highest BCUT2D eigenvalue weighted by Crippen LogP contribution is 2.33. The number of aryl methyl sites for hydroxylation is 1. The van der Waals surface area contributed by atoms with Crippen LogP contribution in [-0.4, -0.2) is 9.91 Å². The lowest BCUT2D eigenvalue weighted by Gasteiger charge is -2.08. The van der Waals surface area contributed by atoms with Gasteiger partial charge >= 0.3 is 5.69 Å². The van der Waals surface area contributed by atoms with Crippen LogP contribution in [0, 0.1) is 17.0 Å². The number of hydrogen-bond acceptors (Lipinski definition) is 5. The van der Waals surface area contributed by atoms with E-state index in [1.165, 1.54) is 10.4 Å². The van der Waals surface area contributed by atoms with Crippen LogP contribution >= 0.6 is 11.3 Å². The van der Waals surface area contributed by atoms with E-state index in [1.54, 1.807) is 41.8 Å². The van der Waals surface area contributed by atoms with Gasteiger partial charge in [-0.1, -0.05) is 0 Å². The van der Waals surface area contributed by atoms with Crippen molar-refractivity contribution in [1.82, 2.24) is 4.98 Å². The summed E-state index contributed by atoms with van der Waals surface area (Å²) in [5, 5.41) is 17.1. The zero-order valence-electron chi connectivity index (χ0n) is 11.4. The Morgan fingerprint density at radius 2 is 2.19 bits per heavy atom. The highest BCUT2D eigenvalue weighted by molar-refractivity contribution is 7.10. The first kappa shape index (κ1) is 13.5. The largest absolute Gasteiger partial charge is 0.375 e. The van der Waals surface area contributed by atoms with Crippen molar-refractivity contribution in [3.8, 4) is 0 Å². The third-order valence-electron chi connectivity index (χ3n) is 3.35. The summed E-state index contributed by atoms with van der Waals surface area (Å²) in [6, 6.07) is 8.99. The molecule has 0 aliphatic rings. The van der Waals surface area contributed by atoms with Gasteiger partial charge in [-0.3, -0.25) is 15.1 Å². The van der Waals surface area contributed by atoms with Crippen molar-refractivity contribution in [2.45, 2.75) is 13.5 Å². The summed E-state index contributed by atoms with van der Waals surface area (Å²) in [4.78, 5) is 16.4. The fourth-order valence-electron chi connectivity index (χ4n) is 2.24. The molecule has 0 amide bonds. The molecule has 3 aromatic rings. The lowest BCUT2D eigenvalue weighted by atomic mass is 10.1. The van der Waals surface area contributed by atoms with Gasteiger partial charge in [-0.2, -0.15) is 0 Å². The number of nitrogens with zero attached hydrogens (tertiary/aromatic N) is 2. The number of aromatic nitrogens is 1. The average Bonchev–Trinajstić information content (AvgIpc) is 2.89. The van der Waals surface area contributed by atoms with Gasteiger partial charge in [0.1, 0.15) is 5.69 Å². The van der Waals surface area contributed by atoms with Crippen LogP contribution in [0.3, 0.4) is 0 Å². The molecule has 0 radical (unpaired) electrons. The number of nitro groups is 1. The minimum atomic E-state index is -0.354. The summed E-state index contributed by atoms with van der Waals surface area (Å²) >= 11 is 1.64. The highest BCUT2D eigenvalue weighted by Gasteiger charge is 2.18. The molecule has 0 saturated carbocycles. The van der Waals surface area contributed by atoms with E-state index in [4.69, 9.17) is 0 Å². The van der Waals surface area contributed by atoms with Crippen molar-refractivity contribution in [1.29, 1.82) is 0 Å². The molecular weight excluding hydrogens is 286 g/mol. The number of benzene rings is 1. The fraction of sp³-hybridized carbons (Fsp3) is 0.133. The van der Waals surface area contributed by atoms with E-state index in [0.29, 0.717) is 23.1 Å². The summed E-state index contributed by atoms with van der Waals surface area (Å²) in [5.74, 6) is 0. The van der Waals surface area contributed by atoms with Gasteiger partial charge in [0.15, 0.2) is 0 Å². The highest BCUT2D eigenvalue weighted by atomic mass is 32.1. The molecule has 21 heavy (non-hydrogen) atoms. The van der Waals surface area contributed by atoms with E-state index in [9.17, 15) is 10.1 Å². The van der Waals surface area contributed by atoms with Gasteiger partial charge in [-0.15, -0.1) is 11.3 Å². The normalized spacial score (nSPS) is 10.7. The molecule has 3 rings (SSSR count). The van der Waals surface area contributed by atoms with Crippen molar-refractivity contribution in [3.05, 3.63) is 62.5 Å². The minimum absolute atomic E-state index is 0.0785. The summed E-state index contributed by atoms with van der Waals surface area (Å²) in [7, 11) is 0. The number of hydrogen-bond donors (Lipinski definition) is 1. The Labute approximate surface area is 125 Å². The maximum absolute atomic E-state index is 11.4. The molecule has 0 saturated heterocycles. The third kappa shape index (κ3) is 2.57. The Hall–Kier alpha value is -2.47. The van der Waals surface area contributed by atoms with E-state index in [2.05, 4.69) is 10.3 Å². The SMILES string of the molecule is Cc1ccsc1CNc1ccc2ncccc2c1[N+](=O)[O-]. The van der Waals surface area contributed by atoms with Gasteiger partial charge in [0.2, 0.25) is 0 Å². The van der Waals surface area contributed by atoms with E-state index >= 15 is 0 Å². The average molecular weight is 299 g/mol. The van der Waals surface area contributed by atoms with E-state index in [1.807, 2.05) is 18.4 Å². The van der Waals surface area contributed by atoms with Crippen LogP contribution in [0.5, 0.6) is 0 Å². The second-order valence-corrected chi connectivity index (χ2v) is 5.67. The number of thiophene rings is 1. The lowest BCUT2D eigenvalue weighted by Crippen LogP contribution is -2.03. The molecule has 0 aliphatic heterocycles. The third-order valence-corrected chi connectivity index (χ3v) is 4.37. The number of nitro benzene ring substituents is 1. The van der Waals surface area contributed by atoms with Crippen LogP contribution < -0.4 is 5.32 Å². The summed E-state index contributed by atoms with van der Waals surface area (Å²) in [6.45, 7) is 2.61. The first-order valence-electron chi connectivity index (χ1n) is 6.46. The second-order valence-electron chi connectivity index (χ2n) is 4.67. The number of anilines is 1. The lowest BCUT2D eigenvalue weighted by molar-refractivity contribution is -0.382. The standard InChI is InChI=1S/C15H13N3O2S/c1-10-6-8-21-14(10)9-17-13-5-4-12-11(3-2-7-16-12)15(13)18(19)20/h2-8,17H,9H2,1H3. The Bertz CT molecular complexity index is 814. The van der Waals surface area contributed by atoms with Crippen molar-refractivity contribution in [2.24, 2.45) is 0 Å². The summed E-state index contributed by atoms with van der Waals surface area (Å²) < 4.78 is 0. The number of pyridine rings is 1. The minimum Gasteiger partial charge on any atom is -0.375 e. The number of fused-ring (bicyclic) bond motifs is 1. The van der Waals surface area contributed by atoms with Gasteiger partial charge in [0.05, 0.1) is 15.8 Å². The quantitative estimate of drug-likeness (QED) is 0.581. The fourth-order valence-corrected chi connectivity index (χ4v) is 3.08. The van der Waals surface area contributed by atoms with E-state index < -0.39 is 0 Å². The van der Waals surface area contributed by atoms with Crippen molar-refractivity contribution >= 4 is 33.6 Å². The van der Waals surface area contributed by atoms with Gasteiger partial charge in [-0.25, -0.2) is 0 Å². The van der Waals surface area contributed by atoms with Crippen LogP contribution in [0.1, 0.15) is 10.4 Å². The predicted octanol–water partition coefficient (Wildman–Crippen LogP) is 4.13. The Kier molecular flexibility index (Phi) is 3.53. The van der Waals surface area contributed by atoms with Gasteiger partial charge in [-0.05, 0) is 48.2 Å². The Morgan fingerprint density at radius 3 is 2.90 bits per heavy atom. The molecule has 2 heterocycles. The molecule has 6 heteroatoms. The first-order valence-corrected chi connectivity index (χ1v) is 7.34. The molecule has 106 valence electrons. The molecule has 0 bridgehead atoms. The molecule has 2 aromatic heterocycles. The van der Waals surface area contributed by atoms with Crippen LogP contribution in [0.25, 0.3) is 10.9 Å². The molecule has 0 atom stereocenters. The van der Waals surface area contributed by atoms with Crippen molar-refractivity contribution in [2.75, 3.05) is 5.32 Å². The van der Waals surface area contributed by atoms with Crippen LogP contribution in [-0.2, 0) is 6.54 Å². The summed E-state index contributed by atoms with van der Waals surface area (Å²) in [6.07, 6.45) is 1.63. The zero-order chi connectivity index (χ0) is 14.8. The molecule has 0 aliphatic carbocycles. The summed E-state index contributed by atoms with van der Waals surface area (Å²) in [5.41, 5.74) is 2.42. The van der Waals surface area contributed by atoms with Crippen LogP contribution in [0.4, 0.5) is 11.4 Å². The van der Waals surface area contributed by atoms with Gasteiger partial charge in [0, 0.05) is 17.6 Å². The predicted molar refractivity (Wildman–Crippen MR) is 84.8 cm³/mol. The van der Waals surface area contributed by atoms with Crippen LogP contribution in [0.15, 0.2) is 41.9 Å². The molecule has 0 fully saturated rings. The smallest absolute Gasteiger partial charge is 0.301 e. The number of nitrogens with one attached hydrogen (secondary N) is 1. The maximum atomic E-state index is 11.4. The van der Waals surface area contributed by atoms with E-state index in [-0.39, 0.29) is 10.6 Å². The molecular formula is C15H13N3O2S. The zero-order valence-corrected chi connectivity index (χ0v) is 12.2. The van der Waals surface area contributed by atoms with Gasteiger partial charge < -0.3 is 5.32 Å². The van der Waals surface area contributed by atoms with Gasteiger partial charge in [0.25, 0.3) is 0 Å². The molecule has 0 unspecified atom stereocenters. The molecule has 0 spiro atoms.